The highest BCUT2D eigenvalue weighted by molar-refractivity contribution is 5.74. The first-order valence-corrected chi connectivity index (χ1v) is 7.54. The van der Waals surface area contributed by atoms with Crippen molar-refractivity contribution < 1.29 is 14.6 Å². The second-order valence-corrected chi connectivity index (χ2v) is 5.82. The topological polar surface area (TPSA) is 62.7 Å². The van der Waals surface area contributed by atoms with E-state index in [0.29, 0.717) is 5.88 Å². The summed E-state index contributed by atoms with van der Waals surface area (Å²) in [5.41, 5.74) is 0.623. The predicted molar refractivity (Wildman–Crippen MR) is 80.3 cm³/mol. The number of hydrogen-bond acceptors (Lipinski definition) is 4. The molecule has 0 spiro atoms. The van der Waals surface area contributed by atoms with E-state index in [1.54, 1.807) is 7.11 Å². The molecule has 21 heavy (non-hydrogen) atoms. The summed E-state index contributed by atoms with van der Waals surface area (Å²) >= 11 is 0. The minimum atomic E-state index is -0.630. The molecule has 0 atom stereocenters. The number of methoxy groups -OCH3 is 1. The van der Waals surface area contributed by atoms with Gasteiger partial charge >= 0.3 is 5.97 Å². The fraction of sp³-hybridized carbons (Fsp3) is 0.625. The molecule has 0 bridgehead atoms. The number of aliphatic carboxylic acids is 1. The lowest BCUT2D eigenvalue weighted by atomic mass is 9.75. The third-order valence-corrected chi connectivity index (χ3v) is 4.41. The third kappa shape index (κ3) is 3.73. The summed E-state index contributed by atoms with van der Waals surface area (Å²) in [6.07, 6.45) is 5.00. The molecule has 1 aromatic rings. The first-order valence-electron chi connectivity index (χ1n) is 7.54. The van der Waals surface area contributed by atoms with E-state index in [4.69, 9.17) is 4.74 Å². The van der Waals surface area contributed by atoms with E-state index in [2.05, 4.69) is 16.8 Å². The zero-order chi connectivity index (χ0) is 15.3. The standard InChI is InChI=1S/C16H24N2O3/c1-3-6-16(15(19)20)7-9-18(10-8-16)12-13-4-5-14(21-2)17-11-13/h4-5,11H,3,6-10,12H2,1-2H3,(H,19,20). The number of hydrogen-bond donors (Lipinski definition) is 1. The Morgan fingerprint density at radius 3 is 2.62 bits per heavy atom. The van der Waals surface area contributed by atoms with Gasteiger partial charge in [0.2, 0.25) is 5.88 Å². The van der Waals surface area contributed by atoms with Gasteiger partial charge in [-0.15, -0.1) is 0 Å². The average molecular weight is 292 g/mol. The van der Waals surface area contributed by atoms with Crippen LogP contribution in [0.25, 0.3) is 0 Å². The number of likely N-dealkylation sites (tertiary alicyclic amines) is 1. The van der Waals surface area contributed by atoms with Crippen molar-refractivity contribution in [3.05, 3.63) is 23.9 Å². The molecule has 0 saturated carbocycles. The fourth-order valence-electron chi connectivity index (χ4n) is 3.07. The van der Waals surface area contributed by atoms with Gasteiger partial charge in [-0.2, -0.15) is 0 Å². The van der Waals surface area contributed by atoms with Crippen molar-refractivity contribution in [1.82, 2.24) is 9.88 Å². The van der Waals surface area contributed by atoms with Crippen molar-refractivity contribution in [2.75, 3.05) is 20.2 Å². The Labute approximate surface area is 125 Å². The lowest BCUT2D eigenvalue weighted by molar-refractivity contribution is -0.152. The molecule has 1 aromatic heterocycles. The fourth-order valence-corrected chi connectivity index (χ4v) is 3.07. The zero-order valence-corrected chi connectivity index (χ0v) is 12.8. The van der Waals surface area contributed by atoms with Gasteiger partial charge in [-0.3, -0.25) is 9.69 Å². The van der Waals surface area contributed by atoms with E-state index in [1.807, 2.05) is 18.3 Å². The number of piperidine rings is 1. The van der Waals surface area contributed by atoms with Gasteiger partial charge in [-0.1, -0.05) is 19.4 Å². The van der Waals surface area contributed by atoms with E-state index in [0.717, 1.165) is 50.9 Å². The van der Waals surface area contributed by atoms with Gasteiger partial charge in [-0.05, 0) is 37.9 Å². The van der Waals surface area contributed by atoms with Gasteiger partial charge < -0.3 is 9.84 Å². The molecule has 1 aliphatic rings. The Morgan fingerprint density at radius 1 is 1.43 bits per heavy atom. The summed E-state index contributed by atoms with van der Waals surface area (Å²) in [5, 5.41) is 9.51. The number of ether oxygens (including phenoxy) is 1. The number of aromatic nitrogens is 1. The van der Waals surface area contributed by atoms with Gasteiger partial charge in [0, 0.05) is 18.8 Å². The molecule has 1 N–H and O–H groups in total. The van der Waals surface area contributed by atoms with Crippen molar-refractivity contribution in [3.63, 3.8) is 0 Å². The van der Waals surface area contributed by atoms with Crippen LogP contribution in [0.5, 0.6) is 5.88 Å². The van der Waals surface area contributed by atoms with Crippen LogP contribution in [0.2, 0.25) is 0 Å². The van der Waals surface area contributed by atoms with Gasteiger partial charge in [0.15, 0.2) is 0 Å². The van der Waals surface area contributed by atoms with Crippen LogP contribution >= 0.6 is 0 Å². The van der Waals surface area contributed by atoms with E-state index < -0.39 is 11.4 Å². The molecule has 1 aliphatic heterocycles. The van der Waals surface area contributed by atoms with Crippen LogP contribution in [0, 0.1) is 5.41 Å². The largest absolute Gasteiger partial charge is 0.481 e. The Kier molecular flexibility index (Phi) is 5.17. The summed E-state index contributed by atoms with van der Waals surface area (Å²) in [6.45, 7) is 4.54. The molecule has 2 rings (SSSR count). The molecule has 5 heteroatoms. The number of carboxylic acid groups (broad SMARTS) is 1. The molecule has 1 saturated heterocycles. The SMILES string of the molecule is CCCC1(C(=O)O)CCN(Cc2ccc(OC)nc2)CC1. The lowest BCUT2D eigenvalue weighted by Gasteiger charge is -2.38. The molecule has 0 amide bonds. The first-order chi connectivity index (χ1) is 10.1. The van der Waals surface area contributed by atoms with Crippen LogP contribution in [-0.4, -0.2) is 41.2 Å². The Balaban J connectivity index is 1.92. The normalized spacial score (nSPS) is 18.4. The molecular formula is C16H24N2O3. The van der Waals surface area contributed by atoms with Gasteiger partial charge in [0.1, 0.15) is 0 Å². The Bertz CT molecular complexity index is 465. The number of nitrogens with zero attached hydrogens (tertiary/aromatic N) is 2. The molecular weight excluding hydrogens is 268 g/mol. The third-order valence-electron chi connectivity index (χ3n) is 4.41. The van der Waals surface area contributed by atoms with Crippen LogP contribution in [0.15, 0.2) is 18.3 Å². The monoisotopic (exact) mass is 292 g/mol. The molecule has 0 aliphatic carbocycles. The maximum Gasteiger partial charge on any atom is 0.309 e. The van der Waals surface area contributed by atoms with Crippen molar-refractivity contribution in [2.24, 2.45) is 5.41 Å². The van der Waals surface area contributed by atoms with Crippen LogP contribution in [0.4, 0.5) is 0 Å². The maximum atomic E-state index is 11.6. The summed E-state index contributed by atoms with van der Waals surface area (Å²) in [6, 6.07) is 3.87. The quantitative estimate of drug-likeness (QED) is 0.873. The van der Waals surface area contributed by atoms with Crippen molar-refractivity contribution in [1.29, 1.82) is 0 Å². The van der Waals surface area contributed by atoms with Crippen LogP contribution in [-0.2, 0) is 11.3 Å². The second-order valence-electron chi connectivity index (χ2n) is 5.82. The molecule has 0 unspecified atom stereocenters. The van der Waals surface area contributed by atoms with Crippen molar-refractivity contribution >= 4 is 5.97 Å². The van der Waals surface area contributed by atoms with E-state index in [1.165, 1.54) is 0 Å². The number of carbonyl (C=O) groups is 1. The average Bonchev–Trinajstić information content (AvgIpc) is 2.50. The number of pyridine rings is 1. The van der Waals surface area contributed by atoms with E-state index in [-0.39, 0.29) is 0 Å². The summed E-state index contributed by atoms with van der Waals surface area (Å²) < 4.78 is 5.05. The molecule has 116 valence electrons. The maximum absolute atomic E-state index is 11.6. The van der Waals surface area contributed by atoms with Crippen LogP contribution < -0.4 is 4.74 Å². The van der Waals surface area contributed by atoms with Crippen LogP contribution in [0.3, 0.4) is 0 Å². The highest BCUT2D eigenvalue weighted by atomic mass is 16.5. The minimum absolute atomic E-state index is 0.511. The molecule has 1 fully saturated rings. The lowest BCUT2D eigenvalue weighted by Crippen LogP contribution is -2.44. The van der Waals surface area contributed by atoms with Gasteiger partial charge in [-0.25, -0.2) is 4.98 Å². The van der Waals surface area contributed by atoms with Gasteiger partial charge in [0.25, 0.3) is 0 Å². The van der Waals surface area contributed by atoms with Crippen LogP contribution in [0.1, 0.15) is 38.2 Å². The van der Waals surface area contributed by atoms with E-state index >= 15 is 0 Å². The van der Waals surface area contributed by atoms with Gasteiger partial charge in [0.05, 0.1) is 12.5 Å². The van der Waals surface area contributed by atoms with Crippen molar-refractivity contribution in [3.8, 4) is 5.88 Å². The molecule has 0 radical (unpaired) electrons. The first kappa shape index (κ1) is 15.8. The number of carboxylic acids is 1. The number of rotatable bonds is 6. The highest BCUT2D eigenvalue weighted by Crippen LogP contribution is 2.36. The summed E-state index contributed by atoms with van der Waals surface area (Å²) in [5.74, 6) is -0.0136. The Morgan fingerprint density at radius 2 is 2.14 bits per heavy atom. The molecule has 5 nitrogen and oxygen atoms in total. The summed E-state index contributed by atoms with van der Waals surface area (Å²) in [7, 11) is 1.60. The van der Waals surface area contributed by atoms with E-state index in [9.17, 15) is 9.90 Å². The molecule has 2 heterocycles. The molecule has 0 aromatic carbocycles. The summed E-state index contributed by atoms with van der Waals surface area (Å²) in [4.78, 5) is 18.1. The Hall–Kier alpha value is -1.62. The van der Waals surface area contributed by atoms with Crippen molar-refractivity contribution in [2.45, 2.75) is 39.2 Å². The zero-order valence-electron chi connectivity index (χ0n) is 12.8. The minimum Gasteiger partial charge on any atom is -0.481 e. The smallest absolute Gasteiger partial charge is 0.309 e. The second kappa shape index (κ2) is 6.89. The highest BCUT2D eigenvalue weighted by Gasteiger charge is 2.40. The predicted octanol–water partition coefficient (Wildman–Crippen LogP) is 2.56.